The third-order valence-corrected chi connectivity index (χ3v) is 2.99. The molecule has 4 nitrogen and oxygen atoms in total. The molecule has 2 aromatic heterocycles. The number of aromatic nitrogens is 3. The van der Waals surface area contributed by atoms with Crippen LogP contribution in [0.25, 0.3) is 5.69 Å². The maximum atomic E-state index is 11.8. The molecular formula is C14H15N3O. The lowest BCUT2D eigenvalue weighted by Gasteiger charge is -2.09. The smallest absolute Gasteiger partial charge is 0.252 e. The van der Waals surface area contributed by atoms with Gasteiger partial charge in [0.25, 0.3) is 5.56 Å². The highest BCUT2D eigenvalue weighted by molar-refractivity contribution is 5.40. The van der Waals surface area contributed by atoms with E-state index in [1.807, 2.05) is 31.4 Å². The van der Waals surface area contributed by atoms with Gasteiger partial charge in [0.1, 0.15) is 11.5 Å². The fourth-order valence-corrected chi connectivity index (χ4v) is 2.06. The van der Waals surface area contributed by atoms with Crippen LogP contribution in [0.15, 0.2) is 23.1 Å². The van der Waals surface area contributed by atoms with Gasteiger partial charge in [0.2, 0.25) is 0 Å². The maximum Gasteiger partial charge on any atom is 0.252 e. The molecule has 0 saturated carbocycles. The van der Waals surface area contributed by atoms with Crippen LogP contribution < -0.4 is 5.56 Å². The van der Waals surface area contributed by atoms with Crippen molar-refractivity contribution in [2.45, 2.75) is 27.3 Å². The molecule has 18 heavy (non-hydrogen) atoms. The Morgan fingerprint density at radius 2 is 2.17 bits per heavy atom. The van der Waals surface area contributed by atoms with Gasteiger partial charge < -0.3 is 4.57 Å². The van der Waals surface area contributed by atoms with Crippen LogP contribution in [0.1, 0.15) is 24.1 Å². The molecule has 0 saturated heterocycles. The first-order valence-corrected chi connectivity index (χ1v) is 5.82. The molecule has 0 bridgehead atoms. The van der Waals surface area contributed by atoms with E-state index in [0.717, 1.165) is 17.2 Å². The van der Waals surface area contributed by atoms with Crippen molar-refractivity contribution < 1.29 is 0 Å². The Morgan fingerprint density at radius 1 is 1.44 bits per heavy atom. The van der Waals surface area contributed by atoms with Gasteiger partial charge in [-0.1, -0.05) is 0 Å². The van der Waals surface area contributed by atoms with Crippen LogP contribution in [0, 0.1) is 26.2 Å². The first kappa shape index (κ1) is 12.2. The summed E-state index contributed by atoms with van der Waals surface area (Å²) in [4.78, 5) is 16.1. The summed E-state index contributed by atoms with van der Waals surface area (Å²) >= 11 is 0. The molecule has 0 atom stereocenters. The number of hydrogen-bond donors (Lipinski definition) is 0. The average molecular weight is 241 g/mol. The molecule has 0 amide bonds. The van der Waals surface area contributed by atoms with Crippen molar-refractivity contribution >= 4 is 0 Å². The molecule has 0 aromatic carbocycles. The van der Waals surface area contributed by atoms with Crippen molar-refractivity contribution in [1.29, 1.82) is 0 Å². The van der Waals surface area contributed by atoms with Gasteiger partial charge in [-0.25, -0.2) is 4.98 Å². The molecule has 2 rings (SSSR count). The number of terminal acetylenes is 1. The monoisotopic (exact) mass is 241 g/mol. The number of hydrogen-bond acceptors (Lipinski definition) is 2. The second kappa shape index (κ2) is 4.53. The maximum absolute atomic E-state index is 11.8. The highest BCUT2D eigenvalue weighted by atomic mass is 16.1. The number of rotatable bonds is 2. The van der Waals surface area contributed by atoms with Crippen LogP contribution >= 0.6 is 0 Å². The van der Waals surface area contributed by atoms with Crippen LogP contribution in [0.4, 0.5) is 0 Å². The summed E-state index contributed by atoms with van der Waals surface area (Å²) in [7, 11) is 0. The lowest BCUT2D eigenvalue weighted by molar-refractivity contribution is 0.723. The Hall–Kier alpha value is -2.28. The normalized spacial score (nSPS) is 10.3. The minimum Gasteiger partial charge on any atom is -0.316 e. The van der Waals surface area contributed by atoms with Gasteiger partial charge in [-0.15, -0.1) is 6.42 Å². The first-order chi connectivity index (χ1) is 8.58. The van der Waals surface area contributed by atoms with E-state index in [4.69, 9.17) is 6.42 Å². The lowest BCUT2D eigenvalue weighted by atomic mass is 10.3. The molecule has 4 heteroatoms. The lowest BCUT2D eigenvalue weighted by Crippen LogP contribution is -2.18. The molecule has 0 radical (unpaired) electrons. The molecule has 0 aliphatic heterocycles. The molecule has 0 spiro atoms. The SMILES string of the molecule is C#Cc1nc(C)n(-c2ccn(CC)c(=O)c2)c1C. The summed E-state index contributed by atoms with van der Waals surface area (Å²) in [5.41, 5.74) is 2.27. The summed E-state index contributed by atoms with van der Waals surface area (Å²) in [5, 5.41) is 0. The van der Waals surface area contributed by atoms with E-state index in [2.05, 4.69) is 10.9 Å². The number of imidazole rings is 1. The van der Waals surface area contributed by atoms with Crippen molar-refractivity contribution in [2.75, 3.05) is 0 Å². The van der Waals surface area contributed by atoms with Crippen LogP contribution in [0.2, 0.25) is 0 Å². The van der Waals surface area contributed by atoms with Gasteiger partial charge in [-0.2, -0.15) is 0 Å². The molecule has 2 aromatic rings. The van der Waals surface area contributed by atoms with Gasteiger partial charge in [-0.05, 0) is 32.8 Å². The number of aryl methyl sites for hydroxylation is 2. The topological polar surface area (TPSA) is 39.8 Å². The molecule has 0 aliphatic rings. The highest BCUT2D eigenvalue weighted by Crippen LogP contribution is 2.15. The van der Waals surface area contributed by atoms with Crippen molar-refractivity contribution in [3.05, 3.63) is 45.9 Å². The number of nitrogens with zero attached hydrogens (tertiary/aromatic N) is 3. The van der Waals surface area contributed by atoms with Crippen LogP contribution in [-0.2, 0) is 6.54 Å². The number of pyridine rings is 1. The molecule has 0 N–H and O–H groups in total. The second-order valence-electron chi connectivity index (χ2n) is 4.08. The molecular weight excluding hydrogens is 226 g/mol. The summed E-state index contributed by atoms with van der Waals surface area (Å²) in [6.07, 6.45) is 7.18. The molecule has 92 valence electrons. The zero-order valence-corrected chi connectivity index (χ0v) is 10.8. The van der Waals surface area contributed by atoms with E-state index in [-0.39, 0.29) is 5.56 Å². The van der Waals surface area contributed by atoms with Gasteiger partial charge in [0.15, 0.2) is 0 Å². The first-order valence-electron chi connectivity index (χ1n) is 5.82. The Bertz CT molecular complexity index is 686. The molecule has 2 heterocycles. The van der Waals surface area contributed by atoms with Gasteiger partial charge in [0.05, 0.1) is 11.4 Å². The molecule has 0 fully saturated rings. The predicted octanol–water partition coefficient (Wildman–Crippen LogP) is 1.65. The van der Waals surface area contributed by atoms with E-state index in [1.54, 1.807) is 16.8 Å². The van der Waals surface area contributed by atoms with Gasteiger partial charge in [-0.3, -0.25) is 9.36 Å². The summed E-state index contributed by atoms with van der Waals surface area (Å²) in [6.45, 7) is 6.38. The highest BCUT2D eigenvalue weighted by Gasteiger charge is 2.11. The van der Waals surface area contributed by atoms with Crippen LogP contribution in [0.5, 0.6) is 0 Å². The molecule has 0 unspecified atom stereocenters. The van der Waals surface area contributed by atoms with Crippen molar-refractivity contribution in [1.82, 2.24) is 14.1 Å². The van der Waals surface area contributed by atoms with Crippen LogP contribution in [-0.4, -0.2) is 14.1 Å². The standard InChI is InChI=1S/C14H15N3O/c1-5-13-10(3)17(11(4)15-13)12-7-8-16(6-2)14(18)9-12/h1,7-9H,6H2,2-4H3. The van der Waals surface area contributed by atoms with E-state index in [0.29, 0.717) is 12.2 Å². The van der Waals surface area contributed by atoms with Crippen molar-refractivity contribution in [3.8, 4) is 18.0 Å². The fourth-order valence-electron chi connectivity index (χ4n) is 2.06. The van der Waals surface area contributed by atoms with E-state index in [1.165, 1.54) is 0 Å². The third-order valence-electron chi connectivity index (χ3n) is 2.99. The third kappa shape index (κ3) is 1.84. The quantitative estimate of drug-likeness (QED) is 0.750. The van der Waals surface area contributed by atoms with Gasteiger partial charge >= 0.3 is 0 Å². The van der Waals surface area contributed by atoms with Crippen molar-refractivity contribution in [2.24, 2.45) is 0 Å². The zero-order valence-electron chi connectivity index (χ0n) is 10.8. The zero-order chi connectivity index (χ0) is 13.3. The second-order valence-corrected chi connectivity index (χ2v) is 4.08. The largest absolute Gasteiger partial charge is 0.316 e. The van der Waals surface area contributed by atoms with E-state index >= 15 is 0 Å². The van der Waals surface area contributed by atoms with E-state index < -0.39 is 0 Å². The minimum atomic E-state index is -0.0234. The fraction of sp³-hybridized carbons (Fsp3) is 0.286. The van der Waals surface area contributed by atoms with Crippen molar-refractivity contribution in [3.63, 3.8) is 0 Å². The summed E-state index contributed by atoms with van der Waals surface area (Å²) < 4.78 is 3.55. The van der Waals surface area contributed by atoms with Gasteiger partial charge in [0, 0.05) is 18.8 Å². The van der Waals surface area contributed by atoms with E-state index in [9.17, 15) is 4.79 Å². The Balaban J connectivity index is 2.63. The van der Waals surface area contributed by atoms with Crippen LogP contribution in [0.3, 0.4) is 0 Å². The average Bonchev–Trinajstić information content (AvgIpc) is 2.64. The summed E-state index contributed by atoms with van der Waals surface area (Å²) in [6, 6.07) is 3.50. The summed E-state index contributed by atoms with van der Waals surface area (Å²) in [5.74, 6) is 3.33. The Kier molecular flexibility index (Phi) is 3.07. The predicted molar refractivity (Wildman–Crippen MR) is 70.9 cm³/mol. The minimum absolute atomic E-state index is 0.0234. The molecule has 0 aliphatic carbocycles. The Morgan fingerprint density at radius 3 is 2.67 bits per heavy atom. The Labute approximate surface area is 106 Å².